The molecule has 1 N–H and O–H groups in total. The SMILES string of the molecule is Cc1cc(C)c(C(O)c2ccc3c(c2)CCO3)s1. The average molecular weight is 260 g/mol. The number of aliphatic hydroxyl groups is 1. The van der Waals surface area contributed by atoms with Crippen LogP contribution in [-0.4, -0.2) is 11.7 Å². The molecule has 0 saturated heterocycles. The summed E-state index contributed by atoms with van der Waals surface area (Å²) in [7, 11) is 0. The molecule has 1 aromatic heterocycles. The highest BCUT2D eigenvalue weighted by Crippen LogP contribution is 2.34. The molecule has 0 aliphatic carbocycles. The predicted octanol–water partition coefficient (Wildman–Crippen LogP) is 3.38. The Balaban J connectivity index is 1.97. The zero-order valence-electron chi connectivity index (χ0n) is 10.6. The Morgan fingerprint density at radius 2 is 2.11 bits per heavy atom. The molecular weight excluding hydrogens is 244 g/mol. The van der Waals surface area contributed by atoms with Crippen molar-refractivity contribution < 1.29 is 9.84 Å². The fraction of sp³-hybridized carbons (Fsp3) is 0.333. The van der Waals surface area contributed by atoms with Crippen molar-refractivity contribution in [2.45, 2.75) is 26.4 Å². The van der Waals surface area contributed by atoms with Crippen LogP contribution in [0.25, 0.3) is 0 Å². The lowest BCUT2D eigenvalue weighted by atomic mass is 10.0. The highest BCUT2D eigenvalue weighted by Gasteiger charge is 2.19. The Kier molecular flexibility index (Phi) is 2.88. The molecular formula is C15H16O2S. The third-order valence-electron chi connectivity index (χ3n) is 3.36. The second-order valence-corrected chi connectivity index (χ2v) is 6.06. The van der Waals surface area contributed by atoms with Crippen molar-refractivity contribution in [3.63, 3.8) is 0 Å². The van der Waals surface area contributed by atoms with E-state index in [4.69, 9.17) is 4.74 Å². The summed E-state index contributed by atoms with van der Waals surface area (Å²) in [5, 5.41) is 10.5. The Morgan fingerprint density at radius 1 is 1.28 bits per heavy atom. The molecule has 3 heteroatoms. The van der Waals surface area contributed by atoms with Crippen molar-refractivity contribution in [1.82, 2.24) is 0 Å². The van der Waals surface area contributed by atoms with Crippen molar-refractivity contribution >= 4 is 11.3 Å². The van der Waals surface area contributed by atoms with Crippen LogP contribution >= 0.6 is 11.3 Å². The van der Waals surface area contributed by atoms with Gasteiger partial charge in [-0.3, -0.25) is 0 Å². The highest BCUT2D eigenvalue weighted by atomic mass is 32.1. The minimum atomic E-state index is -0.519. The second kappa shape index (κ2) is 4.41. The molecule has 0 amide bonds. The maximum Gasteiger partial charge on any atom is 0.122 e. The highest BCUT2D eigenvalue weighted by molar-refractivity contribution is 7.12. The van der Waals surface area contributed by atoms with Gasteiger partial charge in [0.15, 0.2) is 0 Å². The van der Waals surface area contributed by atoms with Crippen molar-refractivity contribution in [1.29, 1.82) is 0 Å². The fourth-order valence-electron chi connectivity index (χ4n) is 2.46. The van der Waals surface area contributed by atoms with Gasteiger partial charge in [-0.05, 0) is 48.7 Å². The number of thiophene rings is 1. The van der Waals surface area contributed by atoms with Crippen LogP contribution in [0.4, 0.5) is 0 Å². The van der Waals surface area contributed by atoms with Crippen LogP contribution in [0.1, 0.15) is 32.5 Å². The Labute approximate surface area is 111 Å². The van der Waals surface area contributed by atoms with Gasteiger partial charge in [-0.2, -0.15) is 0 Å². The molecule has 2 nitrogen and oxygen atoms in total. The van der Waals surface area contributed by atoms with E-state index in [2.05, 4.69) is 26.0 Å². The summed E-state index contributed by atoms with van der Waals surface area (Å²) in [6, 6.07) is 8.13. The normalized spacial score (nSPS) is 15.3. The summed E-state index contributed by atoms with van der Waals surface area (Å²) in [5.74, 6) is 0.963. The van der Waals surface area contributed by atoms with E-state index in [1.807, 2.05) is 12.1 Å². The number of hydrogen-bond donors (Lipinski definition) is 1. The van der Waals surface area contributed by atoms with Crippen LogP contribution in [-0.2, 0) is 6.42 Å². The summed E-state index contributed by atoms with van der Waals surface area (Å²) >= 11 is 1.67. The van der Waals surface area contributed by atoms with E-state index in [9.17, 15) is 5.11 Å². The number of fused-ring (bicyclic) bond motifs is 1. The molecule has 1 atom stereocenters. The van der Waals surface area contributed by atoms with Gasteiger partial charge in [0.25, 0.3) is 0 Å². The summed E-state index contributed by atoms with van der Waals surface area (Å²) in [6.45, 7) is 4.88. The van der Waals surface area contributed by atoms with Gasteiger partial charge in [0.1, 0.15) is 11.9 Å². The third-order valence-corrected chi connectivity index (χ3v) is 4.56. The van der Waals surface area contributed by atoms with Crippen molar-refractivity contribution in [2.75, 3.05) is 6.61 Å². The first kappa shape index (κ1) is 11.8. The third kappa shape index (κ3) is 1.93. The van der Waals surface area contributed by atoms with Gasteiger partial charge in [-0.15, -0.1) is 11.3 Å². The molecule has 3 rings (SSSR count). The number of aliphatic hydroxyl groups excluding tert-OH is 1. The van der Waals surface area contributed by atoms with E-state index in [0.717, 1.165) is 29.2 Å². The van der Waals surface area contributed by atoms with Gasteiger partial charge in [-0.1, -0.05) is 6.07 Å². The van der Waals surface area contributed by atoms with Crippen LogP contribution in [0.15, 0.2) is 24.3 Å². The van der Waals surface area contributed by atoms with E-state index < -0.39 is 6.10 Å². The second-order valence-electron chi connectivity index (χ2n) is 4.77. The first-order chi connectivity index (χ1) is 8.65. The van der Waals surface area contributed by atoms with E-state index >= 15 is 0 Å². The molecule has 0 spiro atoms. The van der Waals surface area contributed by atoms with E-state index in [1.165, 1.54) is 16.0 Å². The minimum Gasteiger partial charge on any atom is -0.493 e. The Bertz CT molecular complexity index is 586. The molecule has 2 heterocycles. The quantitative estimate of drug-likeness (QED) is 0.897. The molecule has 0 fully saturated rings. The fourth-order valence-corrected chi connectivity index (χ4v) is 3.51. The number of rotatable bonds is 2. The van der Waals surface area contributed by atoms with Gasteiger partial charge >= 0.3 is 0 Å². The lowest BCUT2D eigenvalue weighted by Crippen LogP contribution is -1.99. The standard InChI is InChI=1S/C15H16O2S/c1-9-7-10(2)18-15(9)14(16)12-3-4-13-11(8-12)5-6-17-13/h3-4,7-8,14,16H,5-6H2,1-2H3. The smallest absolute Gasteiger partial charge is 0.122 e. The zero-order chi connectivity index (χ0) is 12.7. The van der Waals surface area contributed by atoms with Gasteiger partial charge in [-0.25, -0.2) is 0 Å². The minimum absolute atomic E-state index is 0.519. The van der Waals surface area contributed by atoms with Crippen LogP contribution < -0.4 is 4.74 Å². The molecule has 94 valence electrons. The van der Waals surface area contributed by atoms with Gasteiger partial charge in [0.2, 0.25) is 0 Å². The molecule has 1 aliphatic rings. The topological polar surface area (TPSA) is 29.5 Å². The maximum absolute atomic E-state index is 10.5. The molecule has 0 saturated carbocycles. The van der Waals surface area contributed by atoms with Crippen LogP contribution in [0.2, 0.25) is 0 Å². The number of ether oxygens (including phenoxy) is 1. The molecule has 1 unspecified atom stereocenters. The van der Waals surface area contributed by atoms with Crippen LogP contribution in [0.5, 0.6) is 5.75 Å². The lowest BCUT2D eigenvalue weighted by molar-refractivity contribution is 0.223. The Hall–Kier alpha value is -1.32. The first-order valence-corrected chi connectivity index (χ1v) is 6.97. The maximum atomic E-state index is 10.5. The summed E-state index contributed by atoms with van der Waals surface area (Å²) in [4.78, 5) is 2.29. The van der Waals surface area contributed by atoms with Crippen LogP contribution in [0.3, 0.4) is 0 Å². The summed E-state index contributed by atoms with van der Waals surface area (Å²) in [5.41, 5.74) is 3.34. The number of benzene rings is 1. The number of hydrogen-bond acceptors (Lipinski definition) is 3. The summed E-state index contributed by atoms with van der Waals surface area (Å²) < 4.78 is 5.49. The van der Waals surface area contributed by atoms with E-state index in [1.54, 1.807) is 11.3 Å². The molecule has 0 bridgehead atoms. The van der Waals surface area contributed by atoms with E-state index in [0.29, 0.717) is 0 Å². The lowest BCUT2D eigenvalue weighted by Gasteiger charge is -2.11. The van der Waals surface area contributed by atoms with Gasteiger partial charge < -0.3 is 9.84 Å². The zero-order valence-corrected chi connectivity index (χ0v) is 11.4. The predicted molar refractivity (Wildman–Crippen MR) is 73.5 cm³/mol. The average Bonchev–Trinajstić information content (AvgIpc) is 2.93. The Morgan fingerprint density at radius 3 is 2.83 bits per heavy atom. The van der Waals surface area contributed by atoms with Crippen molar-refractivity contribution in [2.24, 2.45) is 0 Å². The van der Waals surface area contributed by atoms with Crippen molar-refractivity contribution in [3.8, 4) is 5.75 Å². The summed E-state index contributed by atoms with van der Waals surface area (Å²) in [6.07, 6.45) is 0.424. The molecule has 1 aliphatic heterocycles. The van der Waals surface area contributed by atoms with Crippen LogP contribution in [0, 0.1) is 13.8 Å². The molecule has 2 aromatic rings. The first-order valence-electron chi connectivity index (χ1n) is 6.16. The van der Waals surface area contributed by atoms with E-state index in [-0.39, 0.29) is 0 Å². The van der Waals surface area contributed by atoms with Gasteiger partial charge in [0, 0.05) is 16.2 Å². The number of aryl methyl sites for hydroxylation is 2. The van der Waals surface area contributed by atoms with Crippen molar-refractivity contribution in [3.05, 3.63) is 50.7 Å². The molecule has 18 heavy (non-hydrogen) atoms. The monoisotopic (exact) mass is 260 g/mol. The largest absolute Gasteiger partial charge is 0.493 e. The van der Waals surface area contributed by atoms with Gasteiger partial charge in [0.05, 0.1) is 6.61 Å². The molecule has 0 radical (unpaired) electrons. The molecule has 1 aromatic carbocycles.